The van der Waals surface area contributed by atoms with Crippen molar-refractivity contribution in [3.63, 3.8) is 0 Å². The van der Waals surface area contributed by atoms with Crippen LogP contribution in [0.15, 0.2) is 12.1 Å². The number of fused-ring (bicyclic) bond motifs is 1. The maximum absolute atomic E-state index is 5.69. The number of benzene rings is 1. The summed E-state index contributed by atoms with van der Waals surface area (Å²) in [5.74, 6) is 1.58. The van der Waals surface area contributed by atoms with Crippen LogP contribution in [-0.4, -0.2) is 17.5 Å². The van der Waals surface area contributed by atoms with Gasteiger partial charge in [0, 0.05) is 12.0 Å². The first-order valence-corrected chi connectivity index (χ1v) is 5.43. The Morgan fingerprint density at radius 2 is 2.07 bits per heavy atom. The zero-order valence-electron chi connectivity index (χ0n) is 9.87. The molecule has 1 heterocycles. The lowest BCUT2D eigenvalue weighted by molar-refractivity contribution is -0.455. The maximum Gasteiger partial charge on any atom is 0.292 e. The molecular formula is C13H18NO+. The molecular weight excluding hydrogens is 186 g/mol. The minimum atomic E-state index is 0.542. The molecule has 0 atom stereocenters. The van der Waals surface area contributed by atoms with E-state index in [0.717, 1.165) is 5.75 Å². The van der Waals surface area contributed by atoms with Crippen molar-refractivity contribution in [2.75, 3.05) is 6.73 Å². The molecule has 0 spiro atoms. The summed E-state index contributed by atoms with van der Waals surface area (Å²) in [4.78, 5) is 0. The number of aryl methyl sites for hydroxylation is 2. The molecule has 2 nitrogen and oxygen atoms in total. The highest BCUT2D eigenvalue weighted by molar-refractivity contribution is 5.61. The van der Waals surface area contributed by atoms with Gasteiger partial charge in [-0.05, 0) is 25.0 Å². The van der Waals surface area contributed by atoms with Crippen molar-refractivity contribution >= 4 is 11.9 Å². The average Bonchev–Trinajstić information content (AvgIpc) is 2.48. The second-order valence-electron chi connectivity index (χ2n) is 4.57. The third-order valence-corrected chi connectivity index (χ3v) is 2.53. The number of hydrogen-bond donors (Lipinski definition) is 0. The highest BCUT2D eigenvalue weighted by Crippen LogP contribution is 2.36. The Labute approximate surface area is 91.2 Å². The molecule has 0 N–H and O–H groups in total. The van der Waals surface area contributed by atoms with Gasteiger partial charge in [0.1, 0.15) is 0 Å². The van der Waals surface area contributed by atoms with Crippen LogP contribution >= 0.6 is 0 Å². The fourth-order valence-electron chi connectivity index (χ4n) is 2.02. The van der Waals surface area contributed by atoms with E-state index in [1.165, 1.54) is 16.8 Å². The largest absolute Gasteiger partial charge is 0.429 e. The van der Waals surface area contributed by atoms with Crippen molar-refractivity contribution in [1.82, 2.24) is 0 Å². The molecule has 0 fully saturated rings. The number of hydrogen-bond acceptors (Lipinski definition) is 1. The van der Waals surface area contributed by atoms with Gasteiger partial charge >= 0.3 is 0 Å². The molecule has 15 heavy (non-hydrogen) atoms. The van der Waals surface area contributed by atoms with Crippen molar-refractivity contribution in [3.8, 4) is 5.75 Å². The Morgan fingerprint density at radius 1 is 1.33 bits per heavy atom. The molecule has 1 aromatic carbocycles. The van der Waals surface area contributed by atoms with Gasteiger partial charge in [0.15, 0.2) is 6.21 Å². The summed E-state index contributed by atoms with van der Waals surface area (Å²) < 4.78 is 7.89. The van der Waals surface area contributed by atoms with Crippen LogP contribution in [-0.2, 0) is 0 Å². The molecule has 0 unspecified atom stereocenters. The Balaban J connectivity index is 2.51. The minimum Gasteiger partial charge on any atom is -0.429 e. The van der Waals surface area contributed by atoms with E-state index in [0.29, 0.717) is 12.6 Å². The summed E-state index contributed by atoms with van der Waals surface area (Å²) in [6.07, 6.45) is 2.21. The summed E-state index contributed by atoms with van der Waals surface area (Å²) >= 11 is 0. The summed E-state index contributed by atoms with van der Waals surface area (Å²) in [5, 5.41) is 0. The fraction of sp³-hybridized carbons (Fsp3) is 0.462. The van der Waals surface area contributed by atoms with Crippen molar-refractivity contribution in [2.24, 2.45) is 5.92 Å². The van der Waals surface area contributed by atoms with Gasteiger partial charge in [0.05, 0.1) is 0 Å². The van der Waals surface area contributed by atoms with Crippen LogP contribution in [0.1, 0.15) is 25.0 Å². The van der Waals surface area contributed by atoms with E-state index in [9.17, 15) is 0 Å². The molecule has 0 aliphatic carbocycles. The summed E-state index contributed by atoms with van der Waals surface area (Å²) in [5.41, 5.74) is 3.73. The average molecular weight is 204 g/mol. The minimum absolute atomic E-state index is 0.542. The first kappa shape index (κ1) is 10.2. The first-order valence-electron chi connectivity index (χ1n) is 5.43. The quantitative estimate of drug-likeness (QED) is 0.640. The molecule has 0 amide bonds. The van der Waals surface area contributed by atoms with E-state index in [-0.39, 0.29) is 0 Å². The zero-order valence-corrected chi connectivity index (χ0v) is 9.87. The Bertz CT molecular complexity index is 419. The van der Waals surface area contributed by atoms with Crippen LogP contribution < -0.4 is 4.74 Å². The molecule has 80 valence electrons. The van der Waals surface area contributed by atoms with Crippen LogP contribution in [0.2, 0.25) is 0 Å². The molecule has 2 rings (SSSR count). The monoisotopic (exact) mass is 204 g/mol. The van der Waals surface area contributed by atoms with E-state index in [2.05, 4.69) is 50.6 Å². The summed E-state index contributed by atoms with van der Waals surface area (Å²) in [6, 6.07) is 4.35. The predicted octanol–water partition coefficient (Wildman–Crippen LogP) is 3.02. The standard InChI is InChI=1S/C13H18NO/c1-9(2)7-14-8-15-13-11(4)5-10(3)6-12(13)14/h5-7,9H,8H2,1-4H3/q+1/b14-7-. The molecule has 0 radical (unpaired) electrons. The maximum atomic E-state index is 5.69. The predicted molar refractivity (Wildman–Crippen MR) is 62.2 cm³/mol. The van der Waals surface area contributed by atoms with Crippen molar-refractivity contribution in [1.29, 1.82) is 0 Å². The number of ether oxygens (including phenoxy) is 1. The Morgan fingerprint density at radius 3 is 2.73 bits per heavy atom. The highest BCUT2D eigenvalue weighted by atomic mass is 16.5. The third kappa shape index (κ3) is 1.89. The smallest absolute Gasteiger partial charge is 0.292 e. The van der Waals surface area contributed by atoms with Gasteiger partial charge < -0.3 is 4.74 Å². The number of rotatable bonds is 1. The van der Waals surface area contributed by atoms with Gasteiger partial charge in [-0.25, -0.2) is 0 Å². The van der Waals surface area contributed by atoms with Gasteiger partial charge in [-0.3, -0.25) is 0 Å². The van der Waals surface area contributed by atoms with Gasteiger partial charge in [-0.15, -0.1) is 0 Å². The van der Waals surface area contributed by atoms with Gasteiger partial charge in [0.25, 0.3) is 12.4 Å². The van der Waals surface area contributed by atoms with Gasteiger partial charge in [-0.1, -0.05) is 19.9 Å². The summed E-state index contributed by atoms with van der Waals surface area (Å²) in [6.45, 7) is 9.24. The molecule has 1 aliphatic rings. The van der Waals surface area contributed by atoms with E-state index in [1.807, 2.05) is 0 Å². The SMILES string of the molecule is Cc1cc(C)c2c(c1)/[N+](=C\C(C)C)CO2. The second kappa shape index (κ2) is 3.69. The van der Waals surface area contributed by atoms with Crippen LogP contribution in [0.4, 0.5) is 5.69 Å². The van der Waals surface area contributed by atoms with Gasteiger partial charge in [0.2, 0.25) is 5.75 Å². The lowest BCUT2D eigenvalue weighted by Gasteiger charge is -1.99. The Hall–Kier alpha value is -1.31. The molecule has 0 saturated heterocycles. The van der Waals surface area contributed by atoms with E-state index >= 15 is 0 Å². The molecule has 0 aromatic heterocycles. The highest BCUT2D eigenvalue weighted by Gasteiger charge is 2.27. The van der Waals surface area contributed by atoms with E-state index < -0.39 is 0 Å². The molecule has 1 aliphatic heterocycles. The lowest BCUT2D eigenvalue weighted by Crippen LogP contribution is -2.09. The van der Waals surface area contributed by atoms with E-state index in [1.54, 1.807) is 0 Å². The van der Waals surface area contributed by atoms with Crippen molar-refractivity contribution in [3.05, 3.63) is 23.3 Å². The van der Waals surface area contributed by atoms with Crippen molar-refractivity contribution in [2.45, 2.75) is 27.7 Å². The van der Waals surface area contributed by atoms with Gasteiger partial charge in [-0.2, -0.15) is 4.58 Å². The van der Waals surface area contributed by atoms with Crippen LogP contribution in [0.5, 0.6) is 5.75 Å². The molecule has 1 aromatic rings. The first-order chi connectivity index (χ1) is 7.08. The van der Waals surface area contributed by atoms with Crippen LogP contribution in [0.25, 0.3) is 0 Å². The van der Waals surface area contributed by atoms with Crippen LogP contribution in [0.3, 0.4) is 0 Å². The Kier molecular flexibility index (Phi) is 2.51. The fourth-order valence-corrected chi connectivity index (χ4v) is 2.02. The number of nitrogens with zero attached hydrogens (tertiary/aromatic N) is 1. The summed E-state index contributed by atoms with van der Waals surface area (Å²) in [7, 11) is 0. The second-order valence-corrected chi connectivity index (χ2v) is 4.57. The molecule has 2 heteroatoms. The van der Waals surface area contributed by atoms with E-state index in [4.69, 9.17) is 4.74 Å². The molecule has 0 saturated carbocycles. The topological polar surface area (TPSA) is 12.2 Å². The third-order valence-electron chi connectivity index (χ3n) is 2.53. The zero-order chi connectivity index (χ0) is 11.0. The molecule has 0 bridgehead atoms. The van der Waals surface area contributed by atoms with Crippen LogP contribution in [0, 0.1) is 19.8 Å². The normalized spacial score (nSPS) is 17.0. The van der Waals surface area contributed by atoms with Crippen molar-refractivity contribution < 1.29 is 9.31 Å². The lowest BCUT2D eigenvalue weighted by atomic mass is 10.1.